The van der Waals surface area contributed by atoms with Crippen LogP contribution >= 0.6 is 0 Å². The molecular weight excluding hydrogens is 256 g/mol. The minimum atomic E-state index is -0.160. The van der Waals surface area contributed by atoms with Crippen molar-refractivity contribution in [2.45, 2.75) is 26.4 Å². The zero-order valence-electron chi connectivity index (χ0n) is 12.3. The SMILES string of the molecule is Cc1ccc(C(C)NC(=O)N(C)Cc2cnn(C)c2)o1. The molecular formula is C14H20N4O2. The Kier molecular flexibility index (Phi) is 4.12. The summed E-state index contributed by atoms with van der Waals surface area (Å²) < 4.78 is 7.22. The summed E-state index contributed by atoms with van der Waals surface area (Å²) in [5.74, 6) is 1.59. The van der Waals surface area contributed by atoms with Gasteiger partial charge >= 0.3 is 6.03 Å². The summed E-state index contributed by atoms with van der Waals surface area (Å²) in [4.78, 5) is 13.7. The van der Waals surface area contributed by atoms with Crippen molar-refractivity contribution in [3.05, 3.63) is 41.6 Å². The predicted octanol–water partition coefficient (Wildman–Crippen LogP) is 2.22. The van der Waals surface area contributed by atoms with E-state index in [1.807, 2.05) is 39.2 Å². The van der Waals surface area contributed by atoms with E-state index in [1.54, 1.807) is 22.8 Å². The van der Waals surface area contributed by atoms with Crippen molar-refractivity contribution in [1.82, 2.24) is 20.0 Å². The summed E-state index contributed by atoms with van der Waals surface area (Å²) in [6.45, 7) is 4.30. The number of hydrogen-bond donors (Lipinski definition) is 1. The van der Waals surface area contributed by atoms with Crippen LogP contribution in [0.15, 0.2) is 28.9 Å². The molecule has 1 unspecified atom stereocenters. The molecule has 0 aliphatic rings. The molecule has 0 saturated heterocycles. The van der Waals surface area contributed by atoms with Gasteiger partial charge in [0, 0.05) is 25.9 Å². The summed E-state index contributed by atoms with van der Waals surface area (Å²) in [6, 6.07) is 3.46. The van der Waals surface area contributed by atoms with Crippen LogP contribution in [0.2, 0.25) is 0 Å². The number of nitrogens with zero attached hydrogens (tertiary/aromatic N) is 3. The quantitative estimate of drug-likeness (QED) is 0.931. The van der Waals surface area contributed by atoms with E-state index in [-0.39, 0.29) is 12.1 Å². The van der Waals surface area contributed by atoms with Crippen molar-refractivity contribution in [2.75, 3.05) is 7.05 Å². The second kappa shape index (κ2) is 5.81. The summed E-state index contributed by atoms with van der Waals surface area (Å²) in [7, 11) is 3.60. The zero-order chi connectivity index (χ0) is 14.7. The zero-order valence-corrected chi connectivity index (χ0v) is 12.3. The van der Waals surface area contributed by atoms with Crippen molar-refractivity contribution in [3.8, 4) is 0 Å². The van der Waals surface area contributed by atoms with Gasteiger partial charge in [0.05, 0.1) is 18.8 Å². The number of amides is 2. The minimum Gasteiger partial charge on any atom is -0.464 e. The molecule has 0 saturated carbocycles. The molecule has 20 heavy (non-hydrogen) atoms. The van der Waals surface area contributed by atoms with E-state index in [1.165, 1.54) is 0 Å². The predicted molar refractivity (Wildman–Crippen MR) is 75.1 cm³/mol. The number of hydrogen-bond acceptors (Lipinski definition) is 3. The maximum atomic E-state index is 12.1. The highest BCUT2D eigenvalue weighted by molar-refractivity contribution is 5.74. The topological polar surface area (TPSA) is 63.3 Å². The smallest absolute Gasteiger partial charge is 0.318 e. The van der Waals surface area contributed by atoms with E-state index in [0.717, 1.165) is 17.1 Å². The largest absolute Gasteiger partial charge is 0.464 e. The van der Waals surface area contributed by atoms with Crippen molar-refractivity contribution >= 4 is 6.03 Å². The lowest BCUT2D eigenvalue weighted by molar-refractivity contribution is 0.201. The Morgan fingerprint density at radius 3 is 2.85 bits per heavy atom. The number of rotatable bonds is 4. The van der Waals surface area contributed by atoms with E-state index in [0.29, 0.717) is 6.54 Å². The number of aromatic nitrogens is 2. The summed E-state index contributed by atoms with van der Waals surface area (Å²) in [6.07, 6.45) is 3.65. The van der Waals surface area contributed by atoms with Gasteiger partial charge in [-0.15, -0.1) is 0 Å². The van der Waals surface area contributed by atoms with Gasteiger partial charge in [0.1, 0.15) is 11.5 Å². The number of furan rings is 1. The first-order valence-electron chi connectivity index (χ1n) is 6.51. The Labute approximate surface area is 118 Å². The molecule has 2 aromatic heterocycles. The van der Waals surface area contributed by atoms with Gasteiger partial charge in [-0.1, -0.05) is 0 Å². The molecule has 0 aliphatic heterocycles. The van der Waals surface area contributed by atoms with Gasteiger partial charge in [-0.3, -0.25) is 4.68 Å². The number of carbonyl (C=O) groups excluding carboxylic acids is 1. The third-order valence-electron chi connectivity index (χ3n) is 3.05. The molecule has 1 atom stereocenters. The number of aryl methyl sites for hydroxylation is 2. The maximum absolute atomic E-state index is 12.1. The molecule has 6 heteroatoms. The Hall–Kier alpha value is -2.24. The molecule has 2 amide bonds. The van der Waals surface area contributed by atoms with E-state index >= 15 is 0 Å². The van der Waals surface area contributed by atoms with Gasteiger partial charge in [-0.2, -0.15) is 5.10 Å². The number of carbonyl (C=O) groups is 1. The first kappa shape index (κ1) is 14.2. The van der Waals surface area contributed by atoms with E-state index in [4.69, 9.17) is 4.42 Å². The second-order valence-electron chi connectivity index (χ2n) is 5.00. The van der Waals surface area contributed by atoms with Crippen molar-refractivity contribution in [2.24, 2.45) is 7.05 Å². The van der Waals surface area contributed by atoms with Crippen LogP contribution in [-0.4, -0.2) is 27.8 Å². The summed E-state index contributed by atoms with van der Waals surface area (Å²) >= 11 is 0. The molecule has 0 fully saturated rings. The lowest BCUT2D eigenvalue weighted by Gasteiger charge is -2.19. The van der Waals surface area contributed by atoms with Crippen molar-refractivity contribution in [1.29, 1.82) is 0 Å². The van der Waals surface area contributed by atoms with Crippen LogP contribution in [0.25, 0.3) is 0 Å². The standard InChI is InChI=1S/C14H20N4O2/c1-10-5-6-13(20-10)11(2)16-14(19)17(3)8-12-7-15-18(4)9-12/h5-7,9,11H,8H2,1-4H3,(H,16,19). The molecule has 6 nitrogen and oxygen atoms in total. The lowest BCUT2D eigenvalue weighted by atomic mass is 10.2. The van der Waals surface area contributed by atoms with Crippen LogP contribution in [0.1, 0.15) is 30.0 Å². The van der Waals surface area contributed by atoms with Crippen LogP contribution in [0.4, 0.5) is 4.79 Å². The Bertz CT molecular complexity index is 588. The number of urea groups is 1. The minimum absolute atomic E-state index is 0.143. The molecule has 2 aromatic rings. The van der Waals surface area contributed by atoms with Gasteiger partial charge < -0.3 is 14.6 Å². The van der Waals surface area contributed by atoms with Crippen LogP contribution in [0, 0.1) is 6.92 Å². The third kappa shape index (κ3) is 3.40. The molecule has 2 rings (SSSR count). The van der Waals surface area contributed by atoms with E-state index < -0.39 is 0 Å². The Balaban J connectivity index is 1.90. The van der Waals surface area contributed by atoms with Crippen molar-refractivity contribution < 1.29 is 9.21 Å². The second-order valence-corrected chi connectivity index (χ2v) is 5.00. The van der Waals surface area contributed by atoms with Gasteiger partial charge in [0.2, 0.25) is 0 Å². The van der Waals surface area contributed by atoms with Crippen LogP contribution in [-0.2, 0) is 13.6 Å². The average Bonchev–Trinajstić information content (AvgIpc) is 2.98. The molecule has 0 aliphatic carbocycles. The third-order valence-corrected chi connectivity index (χ3v) is 3.05. The number of nitrogens with one attached hydrogen (secondary N) is 1. The van der Waals surface area contributed by atoms with Crippen molar-refractivity contribution in [3.63, 3.8) is 0 Å². The molecule has 0 spiro atoms. The fourth-order valence-corrected chi connectivity index (χ4v) is 1.95. The highest BCUT2D eigenvalue weighted by atomic mass is 16.3. The highest BCUT2D eigenvalue weighted by Crippen LogP contribution is 2.15. The van der Waals surface area contributed by atoms with E-state index in [2.05, 4.69) is 10.4 Å². The highest BCUT2D eigenvalue weighted by Gasteiger charge is 2.16. The maximum Gasteiger partial charge on any atom is 0.318 e. The average molecular weight is 276 g/mol. The summed E-state index contributed by atoms with van der Waals surface area (Å²) in [5, 5.41) is 6.99. The van der Waals surface area contributed by atoms with Gasteiger partial charge in [-0.05, 0) is 26.0 Å². The van der Waals surface area contributed by atoms with Gasteiger partial charge in [0.25, 0.3) is 0 Å². The fraction of sp³-hybridized carbons (Fsp3) is 0.429. The normalized spacial score (nSPS) is 12.2. The Morgan fingerprint density at radius 1 is 1.55 bits per heavy atom. The molecule has 0 aromatic carbocycles. The lowest BCUT2D eigenvalue weighted by Crippen LogP contribution is -2.38. The van der Waals surface area contributed by atoms with Gasteiger partial charge in [0.15, 0.2) is 0 Å². The molecule has 1 N–H and O–H groups in total. The molecule has 0 bridgehead atoms. The Morgan fingerprint density at radius 2 is 2.30 bits per heavy atom. The first-order valence-corrected chi connectivity index (χ1v) is 6.51. The van der Waals surface area contributed by atoms with E-state index in [9.17, 15) is 4.79 Å². The van der Waals surface area contributed by atoms with Crippen LogP contribution in [0.3, 0.4) is 0 Å². The fourth-order valence-electron chi connectivity index (χ4n) is 1.95. The van der Waals surface area contributed by atoms with Gasteiger partial charge in [-0.25, -0.2) is 4.79 Å². The summed E-state index contributed by atoms with van der Waals surface area (Å²) in [5.41, 5.74) is 0.992. The molecule has 0 radical (unpaired) electrons. The first-order chi connectivity index (χ1) is 9.45. The monoisotopic (exact) mass is 276 g/mol. The van der Waals surface area contributed by atoms with Crippen LogP contribution in [0.5, 0.6) is 0 Å². The van der Waals surface area contributed by atoms with Crippen LogP contribution < -0.4 is 5.32 Å². The molecule has 2 heterocycles. The molecule has 108 valence electrons.